The number of imidazole rings is 1. The van der Waals surface area contributed by atoms with Crippen LogP contribution in [0.3, 0.4) is 0 Å². The summed E-state index contributed by atoms with van der Waals surface area (Å²) in [6, 6.07) is 9.05. The van der Waals surface area contributed by atoms with Crippen molar-refractivity contribution in [3.8, 4) is 0 Å². The van der Waals surface area contributed by atoms with E-state index in [0.29, 0.717) is 48.0 Å². The summed E-state index contributed by atoms with van der Waals surface area (Å²) >= 11 is 0. The second-order valence-corrected chi connectivity index (χ2v) is 11.1. The van der Waals surface area contributed by atoms with Crippen LogP contribution >= 0.6 is 0 Å². The predicted molar refractivity (Wildman–Crippen MR) is 147 cm³/mol. The smallest absolute Gasteiger partial charge is 0.332 e. The molecule has 2 fully saturated rings. The first-order valence-electron chi connectivity index (χ1n) is 14.1. The minimum atomic E-state index is -0.234. The fourth-order valence-electron chi connectivity index (χ4n) is 7.02. The van der Waals surface area contributed by atoms with Crippen molar-refractivity contribution in [2.24, 2.45) is 11.8 Å². The Kier molecular flexibility index (Phi) is 6.53. The molecule has 3 N–H and O–H groups in total. The summed E-state index contributed by atoms with van der Waals surface area (Å²) in [6.45, 7) is 6.02. The molecule has 4 aromatic rings. The van der Waals surface area contributed by atoms with E-state index in [0.717, 1.165) is 44.5 Å². The summed E-state index contributed by atoms with van der Waals surface area (Å²) in [6.07, 6.45) is 9.36. The van der Waals surface area contributed by atoms with Gasteiger partial charge < -0.3 is 15.3 Å². The van der Waals surface area contributed by atoms with Gasteiger partial charge in [0.1, 0.15) is 11.3 Å². The van der Waals surface area contributed by atoms with E-state index in [9.17, 15) is 9.59 Å². The average molecular weight is 503 g/mol. The molecule has 6 rings (SSSR count). The van der Waals surface area contributed by atoms with Gasteiger partial charge in [0, 0.05) is 42.1 Å². The van der Waals surface area contributed by atoms with Crippen LogP contribution in [0, 0.1) is 11.8 Å². The minimum Gasteiger partial charge on any atom is -0.361 e. The van der Waals surface area contributed by atoms with Gasteiger partial charge in [-0.15, -0.1) is 0 Å². The van der Waals surface area contributed by atoms with Crippen molar-refractivity contribution in [3.05, 3.63) is 62.7 Å². The molecule has 2 atom stereocenters. The van der Waals surface area contributed by atoms with E-state index in [4.69, 9.17) is 4.98 Å². The number of H-pyrrole nitrogens is 2. The molecular formula is C29H38N6O2. The van der Waals surface area contributed by atoms with Crippen LogP contribution in [-0.4, -0.2) is 36.7 Å². The number of aryl methyl sites for hydroxylation is 1. The molecule has 3 heterocycles. The van der Waals surface area contributed by atoms with Crippen molar-refractivity contribution in [2.75, 3.05) is 6.54 Å². The second kappa shape index (κ2) is 9.97. The third kappa shape index (κ3) is 4.25. The van der Waals surface area contributed by atoms with E-state index in [1.54, 1.807) is 4.57 Å². The number of fused-ring (bicyclic) bond motifs is 4. The largest absolute Gasteiger partial charge is 0.361 e. The third-order valence-corrected chi connectivity index (χ3v) is 8.71. The van der Waals surface area contributed by atoms with Gasteiger partial charge in [0.15, 0.2) is 5.65 Å². The number of nitrogens with zero attached hydrogens (tertiary/aromatic N) is 3. The first kappa shape index (κ1) is 24.2. The van der Waals surface area contributed by atoms with Crippen molar-refractivity contribution in [1.29, 1.82) is 0 Å². The molecular weight excluding hydrogens is 464 g/mol. The maximum Gasteiger partial charge on any atom is 0.332 e. The Morgan fingerprint density at radius 3 is 2.51 bits per heavy atom. The lowest BCUT2D eigenvalue weighted by molar-refractivity contribution is 0.229. The quantitative estimate of drug-likeness (QED) is 0.318. The van der Waals surface area contributed by atoms with E-state index >= 15 is 0 Å². The second-order valence-electron chi connectivity index (χ2n) is 11.1. The van der Waals surface area contributed by atoms with Crippen LogP contribution in [-0.2, 0) is 19.5 Å². The molecule has 2 saturated carbocycles. The number of hydrogen-bond acceptors (Lipinski definition) is 4. The molecule has 2 unspecified atom stereocenters. The van der Waals surface area contributed by atoms with Crippen LogP contribution in [0.4, 0.5) is 0 Å². The summed E-state index contributed by atoms with van der Waals surface area (Å²) in [5, 5.41) is 5.23. The molecule has 2 aliphatic carbocycles. The van der Waals surface area contributed by atoms with Gasteiger partial charge in [-0.1, -0.05) is 32.0 Å². The highest BCUT2D eigenvalue weighted by molar-refractivity contribution is 5.83. The molecule has 8 nitrogen and oxygen atoms in total. The molecule has 196 valence electrons. The molecule has 3 aromatic heterocycles. The summed E-state index contributed by atoms with van der Waals surface area (Å²) in [7, 11) is 0. The maximum atomic E-state index is 13.1. The highest BCUT2D eigenvalue weighted by Crippen LogP contribution is 2.48. The van der Waals surface area contributed by atoms with Gasteiger partial charge >= 0.3 is 5.69 Å². The topological polar surface area (TPSA) is 100 Å². The minimum absolute atomic E-state index is 0.233. The number of aromatic nitrogens is 5. The van der Waals surface area contributed by atoms with E-state index in [1.807, 2.05) is 13.8 Å². The van der Waals surface area contributed by atoms with E-state index in [-0.39, 0.29) is 11.2 Å². The van der Waals surface area contributed by atoms with Crippen molar-refractivity contribution < 1.29 is 0 Å². The van der Waals surface area contributed by atoms with E-state index in [1.165, 1.54) is 33.9 Å². The van der Waals surface area contributed by atoms with Gasteiger partial charge in [0.05, 0.1) is 0 Å². The zero-order valence-corrected chi connectivity index (χ0v) is 21.9. The first-order chi connectivity index (χ1) is 18.1. The lowest BCUT2D eigenvalue weighted by atomic mass is 9.77. The standard InChI is InChI=1S/C29H38N6O2/c1-3-13-34-27-25(28(36)35(14-4-2)29(34)37)32-26(33-27)21-15-18-9-10-19(16-21)24(18)30-12-11-20-17-31-23-8-6-5-7-22(20)23/h5-8,17-19,21,24,30-31H,3-4,9-16H2,1-2H3,(H,32,33). The van der Waals surface area contributed by atoms with Crippen LogP contribution in [0.25, 0.3) is 22.1 Å². The van der Waals surface area contributed by atoms with Gasteiger partial charge in [-0.2, -0.15) is 0 Å². The Labute approximate surface area is 216 Å². The third-order valence-electron chi connectivity index (χ3n) is 8.71. The Morgan fingerprint density at radius 2 is 1.76 bits per heavy atom. The Morgan fingerprint density at radius 1 is 1.03 bits per heavy atom. The first-order valence-corrected chi connectivity index (χ1v) is 14.1. The summed E-state index contributed by atoms with van der Waals surface area (Å²) in [4.78, 5) is 37.9. The molecule has 0 aliphatic heterocycles. The van der Waals surface area contributed by atoms with Crippen LogP contribution in [0.5, 0.6) is 0 Å². The van der Waals surface area contributed by atoms with Crippen LogP contribution in [0.1, 0.15) is 69.7 Å². The number of hydrogen-bond donors (Lipinski definition) is 3. The van der Waals surface area contributed by atoms with Crippen molar-refractivity contribution in [1.82, 2.24) is 29.4 Å². The van der Waals surface area contributed by atoms with Crippen molar-refractivity contribution in [3.63, 3.8) is 0 Å². The van der Waals surface area contributed by atoms with Gasteiger partial charge in [-0.3, -0.25) is 13.9 Å². The average Bonchev–Trinajstić information content (AvgIpc) is 3.59. The van der Waals surface area contributed by atoms with Crippen molar-refractivity contribution in [2.45, 2.75) is 83.8 Å². The van der Waals surface area contributed by atoms with Crippen molar-refractivity contribution >= 4 is 22.1 Å². The Bertz CT molecular complexity index is 1510. The van der Waals surface area contributed by atoms with Gasteiger partial charge in [-0.25, -0.2) is 9.78 Å². The monoisotopic (exact) mass is 502 g/mol. The van der Waals surface area contributed by atoms with Crippen LogP contribution < -0.4 is 16.6 Å². The van der Waals surface area contributed by atoms with Gasteiger partial charge in [-0.05, 0) is 75.0 Å². The SMILES string of the molecule is CCCn1c(=O)c2[nH]c(C3CC4CCC(C3)C4NCCc3c[nH]c4ccccc34)nc2n(CCC)c1=O. The molecule has 2 aliphatic rings. The molecule has 2 bridgehead atoms. The van der Waals surface area contributed by atoms with E-state index < -0.39 is 0 Å². The molecule has 0 amide bonds. The van der Waals surface area contributed by atoms with Gasteiger partial charge in [0.2, 0.25) is 0 Å². The predicted octanol–water partition coefficient (Wildman–Crippen LogP) is 4.29. The molecule has 0 spiro atoms. The number of nitrogens with one attached hydrogen (secondary N) is 3. The highest BCUT2D eigenvalue weighted by Gasteiger charge is 2.43. The lowest BCUT2D eigenvalue weighted by Crippen LogP contribution is -2.42. The molecule has 37 heavy (non-hydrogen) atoms. The number of benzene rings is 1. The Hall–Kier alpha value is -3.13. The zero-order chi connectivity index (χ0) is 25.5. The Balaban J connectivity index is 1.19. The summed E-state index contributed by atoms with van der Waals surface area (Å²) < 4.78 is 3.07. The fourth-order valence-corrected chi connectivity index (χ4v) is 7.02. The number of rotatable bonds is 9. The van der Waals surface area contributed by atoms with Crippen LogP contribution in [0.2, 0.25) is 0 Å². The maximum absolute atomic E-state index is 13.1. The molecule has 8 heteroatoms. The number of aromatic amines is 2. The molecule has 1 aromatic carbocycles. The highest BCUT2D eigenvalue weighted by atomic mass is 16.2. The summed E-state index contributed by atoms with van der Waals surface area (Å²) in [5.41, 5.74) is 3.13. The fraction of sp³-hybridized carbons (Fsp3) is 0.552. The number of para-hydroxylation sites is 1. The normalized spacial score (nSPS) is 23.4. The summed E-state index contributed by atoms with van der Waals surface area (Å²) in [5.74, 6) is 2.43. The van der Waals surface area contributed by atoms with Crippen LogP contribution in [0.15, 0.2) is 40.1 Å². The lowest BCUT2D eigenvalue weighted by Gasteiger charge is -2.35. The van der Waals surface area contributed by atoms with E-state index in [2.05, 4.69) is 45.7 Å². The van der Waals surface area contributed by atoms with Gasteiger partial charge in [0.25, 0.3) is 5.56 Å². The molecule has 0 saturated heterocycles. The molecule has 0 radical (unpaired) electrons. The zero-order valence-electron chi connectivity index (χ0n) is 21.9.